The maximum absolute atomic E-state index is 5.61. The van der Waals surface area contributed by atoms with Crippen LogP contribution in [0.4, 0.5) is 0 Å². The minimum atomic E-state index is 0.755. The molecule has 0 aliphatic rings. The number of benzene rings is 2. The molecular formula is C17H20N2O. The molecule has 0 unspecified atom stereocenters. The van der Waals surface area contributed by atoms with Gasteiger partial charge in [0.2, 0.25) is 0 Å². The van der Waals surface area contributed by atoms with Crippen LogP contribution in [0.25, 0.3) is 21.8 Å². The summed E-state index contributed by atoms with van der Waals surface area (Å²) in [5.41, 5.74) is 8.16. The van der Waals surface area contributed by atoms with Crippen LogP contribution in [-0.2, 0) is 6.54 Å². The molecule has 0 atom stereocenters. The van der Waals surface area contributed by atoms with E-state index < -0.39 is 0 Å². The Hall–Kier alpha value is -2.00. The van der Waals surface area contributed by atoms with Crippen molar-refractivity contribution < 1.29 is 4.74 Å². The van der Waals surface area contributed by atoms with Crippen molar-refractivity contribution in [3.63, 3.8) is 0 Å². The topological polar surface area (TPSA) is 40.2 Å². The van der Waals surface area contributed by atoms with Crippen LogP contribution in [0.5, 0.6) is 5.75 Å². The van der Waals surface area contributed by atoms with Crippen molar-refractivity contribution >= 4 is 21.8 Å². The van der Waals surface area contributed by atoms with Crippen molar-refractivity contribution in [2.75, 3.05) is 13.7 Å². The van der Waals surface area contributed by atoms with Gasteiger partial charge in [0, 0.05) is 28.4 Å². The maximum Gasteiger partial charge on any atom is 0.119 e. The summed E-state index contributed by atoms with van der Waals surface area (Å²) in [4.78, 5) is 0. The molecule has 0 amide bonds. The summed E-state index contributed by atoms with van der Waals surface area (Å²) >= 11 is 0. The van der Waals surface area contributed by atoms with Crippen LogP contribution in [0.1, 0.15) is 12.8 Å². The number of hydrogen-bond acceptors (Lipinski definition) is 2. The van der Waals surface area contributed by atoms with Gasteiger partial charge in [-0.3, -0.25) is 0 Å². The fraction of sp³-hybridized carbons (Fsp3) is 0.294. The second-order valence-electron chi connectivity index (χ2n) is 5.05. The zero-order valence-electron chi connectivity index (χ0n) is 11.8. The van der Waals surface area contributed by atoms with Crippen LogP contribution in [0.3, 0.4) is 0 Å². The van der Waals surface area contributed by atoms with Gasteiger partial charge in [0.15, 0.2) is 0 Å². The molecule has 0 aliphatic heterocycles. The lowest BCUT2D eigenvalue weighted by Crippen LogP contribution is -2.03. The molecule has 0 bridgehead atoms. The molecule has 3 heteroatoms. The Bertz CT molecular complexity index is 730. The number of methoxy groups -OCH3 is 1. The number of rotatable bonds is 5. The molecule has 2 aromatic carbocycles. The third-order valence-corrected chi connectivity index (χ3v) is 3.82. The van der Waals surface area contributed by atoms with E-state index in [9.17, 15) is 0 Å². The predicted molar refractivity (Wildman–Crippen MR) is 84.3 cm³/mol. The van der Waals surface area contributed by atoms with E-state index in [1.165, 1.54) is 21.8 Å². The lowest BCUT2D eigenvalue weighted by atomic mass is 10.1. The van der Waals surface area contributed by atoms with E-state index in [2.05, 4.69) is 41.0 Å². The van der Waals surface area contributed by atoms with Crippen LogP contribution >= 0.6 is 0 Å². The summed E-state index contributed by atoms with van der Waals surface area (Å²) in [5.74, 6) is 0.905. The standard InChI is InChI=1S/C17H20N2O/c1-20-13-8-9-17-15(12-13)14-6-2-3-7-16(14)19(17)11-5-4-10-18/h2-3,6-9,12H,4-5,10-11,18H2,1H3. The Balaban J connectivity index is 2.19. The van der Waals surface area contributed by atoms with Gasteiger partial charge in [-0.15, -0.1) is 0 Å². The van der Waals surface area contributed by atoms with Crippen LogP contribution in [0.2, 0.25) is 0 Å². The van der Waals surface area contributed by atoms with E-state index in [1.807, 2.05) is 6.07 Å². The lowest BCUT2D eigenvalue weighted by molar-refractivity contribution is 0.415. The molecule has 0 fully saturated rings. The highest BCUT2D eigenvalue weighted by molar-refractivity contribution is 6.08. The summed E-state index contributed by atoms with van der Waals surface area (Å²) < 4.78 is 7.74. The number of ether oxygens (including phenoxy) is 1. The summed E-state index contributed by atoms with van der Waals surface area (Å²) in [5, 5.41) is 2.54. The first-order valence-electron chi connectivity index (χ1n) is 7.10. The van der Waals surface area contributed by atoms with Gasteiger partial charge in [0.05, 0.1) is 7.11 Å². The van der Waals surface area contributed by atoms with Gasteiger partial charge >= 0.3 is 0 Å². The van der Waals surface area contributed by atoms with Crippen molar-refractivity contribution in [1.82, 2.24) is 4.57 Å². The molecule has 20 heavy (non-hydrogen) atoms. The monoisotopic (exact) mass is 268 g/mol. The normalized spacial score (nSPS) is 11.3. The quantitative estimate of drug-likeness (QED) is 0.719. The van der Waals surface area contributed by atoms with Crippen molar-refractivity contribution in [3.8, 4) is 5.75 Å². The molecule has 0 saturated carbocycles. The molecule has 0 saturated heterocycles. The zero-order chi connectivity index (χ0) is 13.9. The zero-order valence-corrected chi connectivity index (χ0v) is 11.8. The number of aryl methyl sites for hydroxylation is 1. The highest BCUT2D eigenvalue weighted by Gasteiger charge is 2.10. The highest BCUT2D eigenvalue weighted by atomic mass is 16.5. The molecule has 0 radical (unpaired) electrons. The van der Waals surface area contributed by atoms with Crippen molar-refractivity contribution in [1.29, 1.82) is 0 Å². The second-order valence-corrected chi connectivity index (χ2v) is 5.05. The summed E-state index contributed by atoms with van der Waals surface area (Å²) in [6.45, 7) is 1.76. The number of nitrogens with two attached hydrogens (primary N) is 1. The second kappa shape index (κ2) is 5.55. The van der Waals surface area contributed by atoms with Crippen LogP contribution in [-0.4, -0.2) is 18.2 Å². The number of unbranched alkanes of at least 4 members (excludes halogenated alkanes) is 1. The third-order valence-electron chi connectivity index (χ3n) is 3.82. The first-order valence-corrected chi connectivity index (χ1v) is 7.10. The van der Waals surface area contributed by atoms with Gasteiger partial charge in [-0.1, -0.05) is 18.2 Å². The van der Waals surface area contributed by atoms with Gasteiger partial charge in [-0.05, 0) is 43.7 Å². The minimum Gasteiger partial charge on any atom is -0.497 e. The molecule has 1 heterocycles. The highest BCUT2D eigenvalue weighted by Crippen LogP contribution is 2.31. The number of nitrogens with zero attached hydrogens (tertiary/aromatic N) is 1. The van der Waals surface area contributed by atoms with Gasteiger partial charge < -0.3 is 15.0 Å². The number of para-hydroxylation sites is 1. The van der Waals surface area contributed by atoms with Crippen molar-refractivity contribution in [2.24, 2.45) is 5.73 Å². The van der Waals surface area contributed by atoms with Gasteiger partial charge in [-0.2, -0.15) is 0 Å². The summed E-state index contributed by atoms with van der Waals surface area (Å²) in [6, 6.07) is 14.8. The van der Waals surface area contributed by atoms with Gasteiger partial charge in [0.25, 0.3) is 0 Å². The van der Waals surface area contributed by atoms with Gasteiger partial charge in [-0.25, -0.2) is 0 Å². The molecule has 3 aromatic rings. The van der Waals surface area contributed by atoms with E-state index in [-0.39, 0.29) is 0 Å². The average molecular weight is 268 g/mol. The maximum atomic E-state index is 5.61. The Morgan fingerprint density at radius 3 is 2.60 bits per heavy atom. The molecule has 2 N–H and O–H groups in total. The Kier molecular flexibility index (Phi) is 3.61. The molecule has 3 rings (SSSR count). The van der Waals surface area contributed by atoms with Crippen LogP contribution in [0.15, 0.2) is 42.5 Å². The van der Waals surface area contributed by atoms with Crippen LogP contribution < -0.4 is 10.5 Å². The Morgan fingerprint density at radius 1 is 1.00 bits per heavy atom. The van der Waals surface area contributed by atoms with Crippen LogP contribution in [0, 0.1) is 0 Å². The first-order chi connectivity index (χ1) is 9.85. The smallest absolute Gasteiger partial charge is 0.119 e. The first kappa shape index (κ1) is 13.0. The average Bonchev–Trinajstić information content (AvgIpc) is 2.81. The Labute approximate surface area is 118 Å². The molecule has 0 aliphatic carbocycles. The molecule has 3 nitrogen and oxygen atoms in total. The van der Waals surface area contributed by atoms with E-state index >= 15 is 0 Å². The van der Waals surface area contributed by atoms with E-state index in [0.717, 1.165) is 31.7 Å². The molecule has 1 aromatic heterocycles. The summed E-state index contributed by atoms with van der Waals surface area (Å²) in [6.07, 6.45) is 2.17. The fourth-order valence-corrected chi connectivity index (χ4v) is 2.81. The van der Waals surface area contributed by atoms with E-state index in [0.29, 0.717) is 0 Å². The number of fused-ring (bicyclic) bond motifs is 3. The summed E-state index contributed by atoms with van der Waals surface area (Å²) in [7, 11) is 1.71. The van der Waals surface area contributed by atoms with E-state index in [1.54, 1.807) is 7.11 Å². The lowest BCUT2D eigenvalue weighted by Gasteiger charge is -2.07. The van der Waals surface area contributed by atoms with Crippen molar-refractivity contribution in [2.45, 2.75) is 19.4 Å². The number of aromatic nitrogens is 1. The minimum absolute atomic E-state index is 0.755. The molecular weight excluding hydrogens is 248 g/mol. The fourth-order valence-electron chi connectivity index (χ4n) is 2.81. The van der Waals surface area contributed by atoms with Gasteiger partial charge in [0.1, 0.15) is 5.75 Å². The SMILES string of the molecule is COc1ccc2c(c1)c1ccccc1n2CCCCN. The largest absolute Gasteiger partial charge is 0.497 e. The molecule has 104 valence electrons. The third kappa shape index (κ3) is 2.14. The predicted octanol–water partition coefficient (Wildman–Crippen LogP) is 3.54. The Morgan fingerprint density at radius 2 is 1.80 bits per heavy atom. The van der Waals surface area contributed by atoms with E-state index in [4.69, 9.17) is 10.5 Å². The molecule has 0 spiro atoms. The number of hydrogen-bond donors (Lipinski definition) is 1. The van der Waals surface area contributed by atoms with Crippen molar-refractivity contribution in [3.05, 3.63) is 42.5 Å².